The fourth-order valence-electron chi connectivity index (χ4n) is 1.69. The Balaban J connectivity index is 0. The third-order valence-electron chi connectivity index (χ3n) is 2.35. The molecule has 88 valence electrons. The lowest BCUT2D eigenvalue weighted by atomic mass is 9.98. The zero-order valence-corrected chi connectivity index (χ0v) is 11.0. The van der Waals surface area contributed by atoms with Gasteiger partial charge in [0, 0.05) is 5.92 Å². The lowest BCUT2D eigenvalue weighted by Gasteiger charge is -2.28. The first kappa shape index (κ1) is 16.4. The lowest BCUT2D eigenvalue weighted by Crippen LogP contribution is -2.39. The van der Waals surface area contributed by atoms with Gasteiger partial charge in [0.25, 0.3) is 0 Å². The standard InChI is InChI=1S/C11H26N.CH3O/c1-6-8-9-11(7-2)10-12(3,4)5;1-2/h11H,6-10H2,1-5H3;1H3/q+1;-1. The first-order valence-corrected chi connectivity index (χ1v) is 5.71. The van der Waals surface area contributed by atoms with Gasteiger partial charge in [-0.2, -0.15) is 7.11 Å². The third kappa shape index (κ3) is 11.9. The van der Waals surface area contributed by atoms with E-state index in [9.17, 15) is 0 Å². The lowest BCUT2D eigenvalue weighted by molar-refractivity contribution is -0.874. The molecule has 0 saturated heterocycles. The van der Waals surface area contributed by atoms with Gasteiger partial charge < -0.3 is 9.59 Å². The van der Waals surface area contributed by atoms with Crippen molar-refractivity contribution in [3.8, 4) is 0 Å². The van der Waals surface area contributed by atoms with E-state index >= 15 is 0 Å². The summed E-state index contributed by atoms with van der Waals surface area (Å²) in [5.41, 5.74) is 0. The molecule has 2 heteroatoms. The van der Waals surface area contributed by atoms with Gasteiger partial charge in [0.15, 0.2) is 0 Å². The van der Waals surface area contributed by atoms with Crippen molar-refractivity contribution in [2.24, 2.45) is 5.92 Å². The van der Waals surface area contributed by atoms with Crippen LogP contribution in [0.3, 0.4) is 0 Å². The second-order valence-electron chi connectivity index (χ2n) is 4.89. The van der Waals surface area contributed by atoms with Crippen LogP contribution in [0.2, 0.25) is 0 Å². The molecule has 1 atom stereocenters. The van der Waals surface area contributed by atoms with E-state index in [0.29, 0.717) is 0 Å². The zero-order chi connectivity index (χ0) is 11.6. The van der Waals surface area contributed by atoms with Crippen LogP contribution in [0.15, 0.2) is 0 Å². The van der Waals surface area contributed by atoms with Gasteiger partial charge in [0.1, 0.15) is 0 Å². The molecule has 14 heavy (non-hydrogen) atoms. The Hall–Kier alpha value is -0.0800. The number of quaternary nitrogens is 1. The molecule has 0 bridgehead atoms. The van der Waals surface area contributed by atoms with Gasteiger partial charge in [-0.25, -0.2) is 0 Å². The molecule has 0 saturated carbocycles. The third-order valence-corrected chi connectivity index (χ3v) is 2.35. The SMILES string of the molecule is CCCCC(CC)C[N+](C)(C)C.C[O-]. The molecular weight excluding hydrogens is 174 g/mol. The Morgan fingerprint density at radius 2 is 1.57 bits per heavy atom. The van der Waals surface area contributed by atoms with E-state index in [2.05, 4.69) is 35.0 Å². The van der Waals surface area contributed by atoms with Crippen molar-refractivity contribution in [2.45, 2.75) is 39.5 Å². The number of hydrogen-bond donors (Lipinski definition) is 0. The summed E-state index contributed by atoms with van der Waals surface area (Å²) >= 11 is 0. The van der Waals surface area contributed by atoms with Gasteiger partial charge in [-0.3, -0.25) is 0 Å². The monoisotopic (exact) mass is 203 g/mol. The molecule has 0 aliphatic rings. The van der Waals surface area contributed by atoms with Crippen LogP contribution in [-0.4, -0.2) is 39.3 Å². The fraction of sp³-hybridized carbons (Fsp3) is 1.00. The highest BCUT2D eigenvalue weighted by Gasteiger charge is 2.15. The molecule has 0 amide bonds. The van der Waals surface area contributed by atoms with Crippen LogP contribution >= 0.6 is 0 Å². The van der Waals surface area contributed by atoms with Gasteiger partial charge in [-0.1, -0.05) is 26.7 Å². The van der Waals surface area contributed by atoms with Crippen LogP contribution in [0.25, 0.3) is 0 Å². The van der Waals surface area contributed by atoms with Crippen LogP contribution in [0.4, 0.5) is 0 Å². The summed E-state index contributed by atoms with van der Waals surface area (Å²) in [4.78, 5) is 0. The Kier molecular flexibility index (Phi) is 11.1. The summed E-state index contributed by atoms with van der Waals surface area (Å²) < 4.78 is 1.11. The van der Waals surface area contributed by atoms with Crippen molar-refractivity contribution in [2.75, 3.05) is 34.8 Å². The topological polar surface area (TPSA) is 23.1 Å². The number of nitrogens with zero attached hydrogens (tertiary/aromatic N) is 1. The van der Waals surface area contributed by atoms with E-state index in [0.717, 1.165) is 17.5 Å². The minimum atomic E-state index is 0.750. The molecule has 0 rings (SSSR count). The van der Waals surface area contributed by atoms with Gasteiger partial charge in [-0.05, 0) is 12.8 Å². The minimum Gasteiger partial charge on any atom is -0.857 e. The van der Waals surface area contributed by atoms with E-state index in [-0.39, 0.29) is 0 Å². The molecule has 0 aromatic rings. The molecule has 0 radical (unpaired) electrons. The second-order valence-corrected chi connectivity index (χ2v) is 4.89. The van der Waals surface area contributed by atoms with E-state index in [4.69, 9.17) is 5.11 Å². The van der Waals surface area contributed by atoms with Crippen LogP contribution in [0.5, 0.6) is 0 Å². The van der Waals surface area contributed by atoms with E-state index in [1.165, 1.54) is 32.2 Å². The van der Waals surface area contributed by atoms with E-state index < -0.39 is 0 Å². The van der Waals surface area contributed by atoms with E-state index in [1.54, 1.807) is 0 Å². The Morgan fingerprint density at radius 3 is 1.86 bits per heavy atom. The van der Waals surface area contributed by atoms with Crippen molar-refractivity contribution >= 4 is 0 Å². The molecule has 0 heterocycles. The highest BCUT2D eigenvalue weighted by molar-refractivity contribution is 4.55. The highest BCUT2D eigenvalue weighted by atomic mass is 16.2. The van der Waals surface area contributed by atoms with Crippen molar-refractivity contribution in [3.63, 3.8) is 0 Å². The maximum Gasteiger partial charge on any atom is 0.0808 e. The smallest absolute Gasteiger partial charge is 0.0808 e. The summed E-state index contributed by atoms with van der Waals surface area (Å²) in [7, 11) is 7.61. The Bertz CT molecular complexity index is 107. The van der Waals surface area contributed by atoms with Gasteiger partial charge in [0.05, 0.1) is 27.7 Å². The largest absolute Gasteiger partial charge is 0.857 e. The van der Waals surface area contributed by atoms with Crippen LogP contribution in [-0.2, 0) is 0 Å². The van der Waals surface area contributed by atoms with Crippen LogP contribution < -0.4 is 5.11 Å². The van der Waals surface area contributed by atoms with Crippen LogP contribution in [0.1, 0.15) is 39.5 Å². The summed E-state index contributed by atoms with van der Waals surface area (Å²) in [6.07, 6.45) is 5.50. The molecule has 0 N–H and O–H groups in total. The number of hydrogen-bond acceptors (Lipinski definition) is 1. The maximum atomic E-state index is 8.25. The Labute approximate surface area is 90.5 Å². The predicted octanol–water partition coefficient (Wildman–Crippen LogP) is 1.89. The second kappa shape index (κ2) is 9.47. The van der Waals surface area contributed by atoms with Gasteiger partial charge >= 0.3 is 0 Å². The first-order valence-electron chi connectivity index (χ1n) is 5.71. The van der Waals surface area contributed by atoms with Gasteiger partial charge in [-0.15, -0.1) is 0 Å². The average molecular weight is 203 g/mol. The van der Waals surface area contributed by atoms with Crippen molar-refractivity contribution in [1.82, 2.24) is 0 Å². The van der Waals surface area contributed by atoms with Crippen LogP contribution in [0, 0.1) is 5.92 Å². The van der Waals surface area contributed by atoms with E-state index in [1.807, 2.05) is 0 Å². The quantitative estimate of drug-likeness (QED) is 0.605. The number of rotatable bonds is 6. The molecule has 2 nitrogen and oxygen atoms in total. The number of unbranched alkanes of at least 4 members (excludes halogenated alkanes) is 1. The molecule has 0 aromatic carbocycles. The van der Waals surface area contributed by atoms with Gasteiger partial charge in [0.2, 0.25) is 0 Å². The predicted molar refractivity (Wildman–Crippen MR) is 62.1 cm³/mol. The molecular formula is C12H29NO. The maximum absolute atomic E-state index is 8.25. The molecule has 1 unspecified atom stereocenters. The zero-order valence-electron chi connectivity index (χ0n) is 11.0. The van der Waals surface area contributed by atoms with Crippen molar-refractivity contribution in [3.05, 3.63) is 0 Å². The van der Waals surface area contributed by atoms with Crippen molar-refractivity contribution < 1.29 is 9.59 Å². The molecule has 0 fully saturated rings. The average Bonchev–Trinajstić information content (AvgIpc) is 2.14. The summed E-state index contributed by atoms with van der Waals surface area (Å²) in [5, 5.41) is 8.25. The van der Waals surface area contributed by atoms with Crippen molar-refractivity contribution in [1.29, 1.82) is 0 Å². The molecule has 0 aliphatic carbocycles. The Morgan fingerprint density at radius 1 is 1.07 bits per heavy atom. The normalized spacial score (nSPS) is 13.1. The molecule has 0 aromatic heterocycles. The summed E-state index contributed by atoms with van der Waals surface area (Å²) in [5.74, 6) is 0.935. The fourth-order valence-corrected chi connectivity index (χ4v) is 1.69. The molecule has 0 spiro atoms. The summed E-state index contributed by atoms with van der Waals surface area (Å²) in [6.45, 7) is 5.92. The molecule has 0 aliphatic heterocycles. The summed E-state index contributed by atoms with van der Waals surface area (Å²) in [6, 6.07) is 0. The minimum absolute atomic E-state index is 0.750. The first-order chi connectivity index (χ1) is 6.49. The highest BCUT2D eigenvalue weighted by Crippen LogP contribution is 2.15.